The quantitative estimate of drug-likeness (QED) is 0.175. The van der Waals surface area contributed by atoms with Gasteiger partial charge in [-0.1, -0.05) is 141 Å². The Morgan fingerprint density at radius 3 is 1.89 bits per heavy atom. The maximum atomic E-state index is 6.40. The van der Waals surface area contributed by atoms with Gasteiger partial charge in [-0.15, -0.1) is 0 Å². The first-order valence-corrected chi connectivity index (χ1v) is 18.2. The Labute approximate surface area is 309 Å². The van der Waals surface area contributed by atoms with Crippen LogP contribution < -0.4 is 4.90 Å². The van der Waals surface area contributed by atoms with Gasteiger partial charge in [0.2, 0.25) is 5.89 Å². The van der Waals surface area contributed by atoms with Crippen molar-refractivity contribution in [1.29, 1.82) is 0 Å². The van der Waals surface area contributed by atoms with Crippen LogP contribution in [0.4, 0.5) is 17.1 Å². The number of fused-ring (bicyclic) bond motifs is 6. The van der Waals surface area contributed by atoms with Gasteiger partial charge in [0.15, 0.2) is 5.58 Å². The molecule has 1 aliphatic carbocycles. The molecule has 0 N–H and O–H groups in total. The highest BCUT2D eigenvalue weighted by molar-refractivity contribution is 6.05. The van der Waals surface area contributed by atoms with E-state index in [1.54, 1.807) is 0 Å². The van der Waals surface area contributed by atoms with Crippen LogP contribution in [0.2, 0.25) is 0 Å². The molecule has 0 aliphatic heterocycles. The highest BCUT2D eigenvalue weighted by atomic mass is 16.3. The first-order chi connectivity index (χ1) is 26.0. The molecule has 0 fully saturated rings. The van der Waals surface area contributed by atoms with Crippen LogP contribution in [-0.4, -0.2) is 4.98 Å². The zero-order chi connectivity index (χ0) is 35.5. The van der Waals surface area contributed by atoms with E-state index in [0.717, 1.165) is 55.6 Å². The van der Waals surface area contributed by atoms with Crippen molar-refractivity contribution in [2.45, 2.75) is 19.3 Å². The molecule has 53 heavy (non-hydrogen) atoms. The van der Waals surface area contributed by atoms with Crippen molar-refractivity contribution in [3.63, 3.8) is 0 Å². The third kappa shape index (κ3) is 5.16. The molecule has 252 valence electrons. The van der Waals surface area contributed by atoms with Crippen molar-refractivity contribution in [3.8, 4) is 44.8 Å². The largest absolute Gasteiger partial charge is 0.435 e. The topological polar surface area (TPSA) is 29.3 Å². The van der Waals surface area contributed by atoms with Gasteiger partial charge in [-0.05, 0) is 98.9 Å². The van der Waals surface area contributed by atoms with E-state index in [0.29, 0.717) is 5.89 Å². The van der Waals surface area contributed by atoms with Crippen molar-refractivity contribution in [1.82, 2.24) is 4.98 Å². The molecule has 0 atom stereocenters. The molecule has 1 heterocycles. The molecule has 1 aliphatic rings. The lowest BCUT2D eigenvalue weighted by atomic mass is 9.82. The molecule has 0 unspecified atom stereocenters. The summed E-state index contributed by atoms with van der Waals surface area (Å²) in [6.45, 7) is 4.69. The Balaban J connectivity index is 1.09. The van der Waals surface area contributed by atoms with E-state index in [4.69, 9.17) is 9.40 Å². The average Bonchev–Trinajstić information content (AvgIpc) is 3.76. The predicted octanol–water partition coefficient (Wildman–Crippen LogP) is 13.8. The molecular weight excluding hydrogens is 645 g/mol. The van der Waals surface area contributed by atoms with Crippen LogP contribution in [0.5, 0.6) is 0 Å². The van der Waals surface area contributed by atoms with E-state index in [1.165, 1.54) is 33.4 Å². The fraction of sp³-hybridized carbons (Fsp3) is 0.0600. The summed E-state index contributed by atoms with van der Waals surface area (Å²) in [4.78, 5) is 7.23. The summed E-state index contributed by atoms with van der Waals surface area (Å²) >= 11 is 0. The summed E-state index contributed by atoms with van der Waals surface area (Å²) in [5.74, 6) is 0.637. The summed E-state index contributed by atoms with van der Waals surface area (Å²) in [6.07, 6.45) is 0. The Morgan fingerprint density at radius 2 is 1.09 bits per heavy atom. The fourth-order valence-corrected chi connectivity index (χ4v) is 8.18. The number of para-hydroxylation sites is 1. The first kappa shape index (κ1) is 31.1. The van der Waals surface area contributed by atoms with E-state index in [1.807, 2.05) is 36.4 Å². The molecule has 0 saturated heterocycles. The summed E-state index contributed by atoms with van der Waals surface area (Å²) in [7, 11) is 0. The van der Waals surface area contributed by atoms with Crippen LogP contribution in [0.25, 0.3) is 66.7 Å². The lowest BCUT2D eigenvalue weighted by molar-refractivity contribution is 0.623. The van der Waals surface area contributed by atoms with E-state index < -0.39 is 0 Å². The summed E-state index contributed by atoms with van der Waals surface area (Å²) in [6, 6.07) is 65.1. The monoisotopic (exact) mass is 680 g/mol. The molecule has 0 radical (unpaired) electrons. The van der Waals surface area contributed by atoms with Gasteiger partial charge < -0.3 is 9.32 Å². The van der Waals surface area contributed by atoms with Crippen LogP contribution in [0.15, 0.2) is 186 Å². The normalized spacial score (nSPS) is 12.9. The van der Waals surface area contributed by atoms with Gasteiger partial charge in [0.05, 0.1) is 5.69 Å². The minimum absolute atomic E-state index is 0.108. The maximum Gasteiger partial charge on any atom is 0.227 e. The van der Waals surface area contributed by atoms with Gasteiger partial charge in [-0.3, -0.25) is 0 Å². The van der Waals surface area contributed by atoms with Crippen LogP contribution in [0.1, 0.15) is 25.0 Å². The third-order valence-corrected chi connectivity index (χ3v) is 10.9. The van der Waals surface area contributed by atoms with Crippen LogP contribution in [0, 0.1) is 0 Å². The Hall–Kier alpha value is -6.71. The number of anilines is 3. The van der Waals surface area contributed by atoms with Gasteiger partial charge in [-0.25, -0.2) is 4.98 Å². The highest BCUT2D eigenvalue weighted by Crippen LogP contribution is 2.51. The molecular formula is C50H36N2O. The van der Waals surface area contributed by atoms with Gasteiger partial charge in [-0.2, -0.15) is 0 Å². The Morgan fingerprint density at radius 1 is 0.472 bits per heavy atom. The molecule has 0 bridgehead atoms. The number of hydrogen-bond acceptors (Lipinski definition) is 3. The molecule has 0 saturated carbocycles. The zero-order valence-electron chi connectivity index (χ0n) is 29.6. The molecule has 0 spiro atoms. The second-order valence-electron chi connectivity index (χ2n) is 14.4. The van der Waals surface area contributed by atoms with E-state index in [2.05, 4.69) is 164 Å². The number of aromatic nitrogens is 1. The molecule has 3 nitrogen and oxygen atoms in total. The number of hydrogen-bond donors (Lipinski definition) is 0. The van der Waals surface area contributed by atoms with Crippen molar-refractivity contribution >= 4 is 38.9 Å². The molecule has 10 rings (SSSR count). The lowest BCUT2D eigenvalue weighted by Gasteiger charge is -2.30. The predicted molar refractivity (Wildman–Crippen MR) is 220 cm³/mol. The first-order valence-electron chi connectivity index (χ1n) is 18.2. The van der Waals surface area contributed by atoms with Gasteiger partial charge in [0.25, 0.3) is 0 Å². The van der Waals surface area contributed by atoms with Crippen molar-refractivity contribution in [2.75, 3.05) is 4.90 Å². The summed E-state index contributed by atoms with van der Waals surface area (Å²) in [5, 5.41) is 2.18. The minimum Gasteiger partial charge on any atom is -0.435 e. The zero-order valence-corrected chi connectivity index (χ0v) is 29.6. The number of benzene rings is 8. The van der Waals surface area contributed by atoms with Crippen molar-refractivity contribution in [3.05, 3.63) is 193 Å². The number of rotatable bonds is 6. The minimum atomic E-state index is -0.108. The SMILES string of the molecule is CC1(C)c2ccccc2-c2ccc(N(c3ccc(-c4ccc5ccc6nc(-c7ccccc7)oc6c5c4)cc3)c3ccccc3-c3ccccc3)cc21. The highest BCUT2D eigenvalue weighted by Gasteiger charge is 2.35. The van der Waals surface area contributed by atoms with Crippen LogP contribution >= 0.6 is 0 Å². The summed E-state index contributed by atoms with van der Waals surface area (Å²) < 4.78 is 6.40. The van der Waals surface area contributed by atoms with Crippen LogP contribution in [-0.2, 0) is 5.41 Å². The smallest absolute Gasteiger partial charge is 0.227 e. The van der Waals surface area contributed by atoms with E-state index in [-0.39, 0.29) is 5.41 Å². The second-order valence-corrected chi connectivity index (χ2v) is 14.4. The van der Waals surface area contributed by atoms with Crippen LogP contribution in [0.3, 0.4) is 0 Å². The van der Waals surface area contributed by atoms with Gasteiger partial charge in [0.1, 0.15) is 5.52 Å². The standard InChI is InChI=1S/C50H36N2O/c1-50(2)44-19-11-9-18-41(44)42-29-28-39(32-45(42)50)52(47-20-12-10-17-40(47)34-13-5-3-6-14-34)38-26-23-33(24-27-38)37-22-21-35-25-30-46-48(43(35)31-37)53-49(51-46)36-15-7-4-8-16-36/h3-32H,1-2H3. The third-order valence-electron chi connectivity index (χ3n) is 10.9. The van der Waals surface area contributed by atoms with E-state index in [9.17, 15) is 0 Å². The molecule has 3 heteroatoms. The maximum absolute atomic E-state index is 6.40. The molecule has 0 amide bonds. The fourth-order valence-electron chi connectivity index (χ4n) is 8.18. The Bertz CT molecular complexity index is 2800. The molecule has 1 aromatic heterocycles. The van der Waals surface area contributed by atoms with Crippen molar-refractivity contribution in [2.24, 2.45) is 0 Å². The van der Waals surface area contributed by atoms with Crippen molar-refractivity contribution < 1.29 is 4.42 Å². The number of nitrogens with zero attached hydrogens (tertiary/aromatic N) is 2. The van der Waals surface area contributed by atoms with E-state index >= 15 is 0 Å². The number of oxazole rings is 1. The molecule has 9 aromatic rings. The molecule has 8 aromatic carbocycles. The van der Waals surface area contributed by atoms with Gasteiger partial charge >= 0.3 is 0 Å². The summed E-state index contributed by atoms with van der Waals surface area (Å²) in [5.41, 5.74) is 15.9. The Kier molecular flexibility index (Phi) is 7.16. The van der Waals surface area contributed by atoms with Gasteiger partial charge in [0, 0.05) is 33.3 Å². The lowest BCUT2D eigenvalue weighted by Crippen LogP contribution is -2.16. The average molecular weight is 681 g/mol. The second kappa shape index (κ2) is 12.2.